The summed E-state index contributed by atoms with van der Waals surface area (Å²) in [6, 6.07) is 11.4. The average Bonchev–Trinajstić information content (AvgIpc) is 2.36. The van der Waals surface area contributed by atoms with Crippen molar-refractivity contribution in [3.8, 4) is 11.5 Å². The maximum Gasteiger partial charge on any atom is 0.182 e. The first-order chi connectivity index (χ1) is 8.22. The number of para-hydroxylation sites is 1. The fourth-order valence-corrected chi connectivity index (χ4v) is 1.52. The van der Waals surface area contributed by atoms with Gasteiger partial charge in [-0.1, -0.05) is 29.8 Å². The van der Waals surface area contributed by atoms with Crippen molar-refractivity contribution >= 4 is 17.9 Å². The van der Waals surface area contributed by atoms with Crippen molar-refractivity contribution in [3.63, 3.8) is 0 Å². The predicted molar refractivity (Wildman–Crippen MR) is 63.3 cm³/mol. The number of hydrogen-bond acceptors (Lipinski definition) is 2. The summed E-state index contributed by atoms with van der Waals surface area (Å²) >= 11 is 5.83. The third-order valence-corrected chi connectivity index (χ3v) is 2.47. The van der Waals surface area contributed by atoms with Crippen LogP contribution in [0.5, 0.6) is 11.5 Å². The molecular weight excluding hydrogens is 243 g/mol. The highest BCUT2D eigenvalue weighted by molar-refractivity contribution is 6.32. The molecule has 0 aliphatic heterocycles. The number of carbonyl (C=O) groups is 1. The fraction of sp³-hybridized carbons (Fsp3) is 0. The van der Waals surface area contributed by atoms with E-state index in [1.807, 2.05) is 6.07 Å². The molecule has 0 aliphatic carbocycles. The third kappa shape index (κ3) is 2.45. The monoisotopic (exact) mass is 250 g/mol. The Hall–Kier alpha value is -1.87. The zero-order chi connectivity index (χ0) is 12.3. The van der Waals surface area contributed by atoms with Gasteiger partial charge >= 0.3 is 0 Å². The number of rotatable bonds is 3. The molecule has 4 heteroatoms. The van der Waals surface area contributed by atoms with Crippen LogP contribution >= 0.6 is 11.6 Å². The maximum atomic E-state index is 13.8. The highest BCUT2D eigenvalue weighted by Gasteiger charge is 2.14. The van der Waals surface area contributed by atoms with Crippen molar-refractivity contribution in [3.05, 3.63) is 58.9 Å². The van der Waals surface area contributed by atoms with Crippen LogP contribution in [0.1, 0.15) is 10.4 Å². The van der Waals surface area contributed by atoms with E-state index < -0.39 is 5.82 Å². The third-order valence-electron chi connectivity index (χ3n) is 2.17. The topological polar surface area (TPSA) is 26.3 Å². The number of benzene rings is 2. The summed E-state index contributed by atoms with van der Waals surface area (Å²) in [5.74, 6) is -0.435. The van der Waals surface area contributed by atoms with Crippen LogP contribution < -0.4 is 4.74 Å². The minimum absolute atomic E-state index is 0.0830. The van der Waals surface area contributed by atoms with Crippen LogP contribution in [0.25, 0.3) is 0 Å². The first-order valence-electron chi connectivity index (χ1n) is 4.88. The molecule has 0 radical (unpaired) electrons. The van der Waals surface area contributed by atoms with Gasteiger partial charge in [0.1, 0.15) is 5.75 Å². The number of carbonyl (C=O) groups excluding carboxylic acids is 1. The smallest absolute Gasteiger partial charge is 0.182 e. The van der Waals surface area contributed by atoms with E-state index in [1.54, 1.807) is 24.3 Å². The standard InChI is InChI=1S/C13H8ClFO2/c14-11-7-6-9(8-16)12(15)13(11)17-10-4-2-1-3-5-10/h1-8H. The second-order valence-corrected chi connectivity index (χ2v) is 3.72. The molecule has 0 aromatic heterocycles. The molecule has 0 amide bonds. The lowest BCUT2D eigenvalue weighted by molar-refractivity contribution is 0.111. The van der Waals surface area contributed by atoms with Crippen LogP contribution in [0.2, 0.25) is 5.02 Å². The Bertz CT molecular complexity index is 541. The van der Waals surface area contributed by atoms with Crippen molar-refractivity contribution in [1.82, 2.24) is 0 Å². The molecule has 2 aromatic carbocycles. The molecule has 86 valence electrons. The summed E-state index contributed by atoms with van der Waals surface area (Å²) in [6.45, 7) is 0. The lowest BCUT2D eigenvalue weighted by Gasteiger charge is -2.09. The van der Waals surface area contributed by atoms with Crippen LogP contribution in [0.3, 0.4) is 0 Å². The van der Waals surface area contributed by atoms with Gasteiger partial charge in [0.05, 0.1) is 10.6 Å². The molecule has 17 heavy (non-hydrogen) atoms. The number of halogens is 2. The molecule has 0 spiro atoms. The Morgan fingerprint density at radius 2 is 1.82 bits per heavy atom. The lowest BCUT2D eigenvalue weighted by atomic mass is 10.2. The van der Waals surface area contributed by atoms with Gasteiger partial charge in [0, 0.05) is 0 Å². The Morgan fingerprint density at radius 1 is 1.12 bits per heavy atom. The second kappa shape index (κ2) is 4.97. The van der Waals surface area contributed by atoms with E-state index in [0.29, 0.717) is 12.0 Å². The largest absolute Gasteiger partial charge is 0.453 e. The average molecular weight is 251 g/mol. The normalized spacial score (nSPS) is 10.0. The zero-order valence-corrected chi connectivity index (χ0v) is 9.45. The van der Waals surface area contributed by atoms with Gasteiger partial charge < -0.3 is 4.74 Å². The van der Waals surface area contributed by atoms with Gasteiger partial charge in [0.25, 0.3) is 0 Å². The van der Waals surface area contributed by atoms with Gasteiger partial charge in [-0.2, -0.15) is 0 Å². The second-order valence-electron chi connectivity index (χ2n) is 3.31. The van der Waals surface area contributed by atoms with E-state index in [1.165, 1.54) is 12.1 Å². The van der Waals surface area contributed by atoms with Crippen LogP contribution in [0, 0.1) is 5.82 Å². The molecule has 0 heterocycles. The van der Waals surface area contributed by atoms with E-state index in [0.717, 1.165) is 0 Å². The van der Waals surface area contributed by atoms with Gasteiger partial charge in [-0.05, 0) is 24.3 Å². The summed E-state index contributed by atoms with van der Waals surface area (Å²) < 4.78 is 19.1. The molecule has 0 unspecified atom stereocenters. The quantitative estimate of drug-likeness (QED) is 0.767. The van der Waals surface area contributed by atoms with E-state index in [-0.39, 0.29) is 16.3 Å². The number of hydrogen-bond donors (Lipinski definition) is 0. The highest BCUT2D eigenvalue weighted by atomic mass is 35.5. The van der Waals surface area contributed by atoms with Crippen LogP contribution in [-0.2, 0) is 0 Å². The predicted octanol–water partition coefficient (Wildman–Crippen LogP) is 4.08. The van der Waals surface area contributed by atoms with E-state index >= 15 is 0 Å². The minimum Gasteiger partial charge on any atom is -0.453 e. The molecule has 2 nitrogen and oxygen atoms in total. The minimum atomic E-state index is -0.753. The van der Waals surface area contributed by atoms with Gasteiger partial charge in [-0.25, -0.2) is 4.39 Å². The maximum absolute atomic E-state index is 13.8. The van der Waals surface area contributed by atoms with Crippen LogP contribution in [0.4, 0.5) is 4.39 Å². The Morgan fingerprint density at radius 3 is 2.47 bits per heavy atom. The van der Waals surface area contributed by atoms with Crippen molar-refractivity contribution in [1.29, 1.82) is 0 Å². The van der Waals surface area contributed by atoms with E-state index in [2.05, 4.69) is 0 Å². The summed E-state index contributed by atoms with van der Waals surface area (Å²) in [7, 11) is 0. The molecule has 0 fully saturated rings. The molecule has 0 atom stereocenters. The zero-order valence-electron chi connectivity index (χ0n) is 8.69. The first kappa shape index (κ1) is 11.6. The van der Waals surface area contributed by atoms with E-state index in [9.17, 15) is 9.18 Å². The summed E-state index contributed by atoms with van der Waals surface area (Å²) in [5.41, 5.74) is -0.0830. The fourth-order valence-electron chi connectivity index (χ4n) is 1.34. The van der Waals surface area contributed by atoms with Crippen molar-refractivity contribution < 1.29 is 13.9 Å². The Labute approximate surface area is 103 Å². The molecule has 0 aliphatic rings. The van der Waals surface area contributed by atoms with E-state index in [4.69, 9.17) is 16.3 Å². The van der Waals surface area contributed by atoms with Crippen LogP contribution in [-0.4, -0.2) is 6.29 Å². The van der Waals surface area contributed by atoms with Gasteiger partial charge in [0.2, 0.25) is 0 Å². The van der Waals surface area contributed by atoms with Gasteiger partial charge in [-0.15, -0.1) is 0 Å². The van der Waals surface area contributed by atoms with Gasteiger partial charge in [0.15, 0.2) is 17.9 Å². The molecule has 2 rings (SSSR count). The van der Waals surface area contributed by atoms with Crippen molar-refractivity contribution in [2.45, 2.75) is 0 Å². The molecule has 0 bridgehead atoms. The molecule has 2 aromatic rings. The number of aldehydes is 1. The van der Waals surface area contributed by atoms with Crippen molar-refractivity contribution in [2.75, 3.05) is 0 Å². The SMILES string of the molecule is O=Cc1ccc(Cl)c(Oc2ccccc2)c1F. The molecule has 0 saturated heterocycles. The lowest BCUT2D eigenvalue weighted by Crippen LogP contribution is -1.94. The summed E-state index contributed by atoms with van der Waals surface area (Å²) in [5, 5.41) is 0.122. The van der Waals surface area contributed by atoms with Gasteiger partial charge in [-0.3, -0.25) is 4.79 Å². The molecular formula is C13H8ClFO2. The molecule has 0 saturated carbocycles. The summed E-state index contributed by atoms with van der Waals surface area (Å²) in [4.78, 5) is 10.6. The highest BCUT2D eigenvalue weighted by Crippen LogP contribution is 2.33. The summed E-state index contributed by atoms with van der Waals surface area (Å²) in [6.07, 6.45) is 0.420. The molecule has 0 N–H and O–H groups in total. The van der Waals surface area contributed by atoms with Crippen molar-refractivity contribution in [2.24, 2.45) is 0 Å². The Kier molecular flexibility index (Phi) is 3.40. The first-order valence-corrected chi connectivity index (χ1v) is 5.26. The van der Waals surface area contributed by atoms with Crippen LogP contribution in [0.15, 0.2) is 42.5 Å². The Balaban J connectivity index is 2.42. The number of ether oxygens (including phenoxy) is 1.